The van der Waals surface area contributed by atoms with E-state index in [0.717, 1.165) is 42.3 Å². The molecular formula is C44H54IrNO2S-. The van der Waals surface area contributed by atoms with Gasteiger partial charge in [-0.15, -0.1) is 40.5 Å². The van der Waals surface area contributed by atoms with Gasteiger partial charge in [-0.05, 0) is 60.6 Å². The number of nitrogens with zero attached hydrogens (tertiary/aromatic N) is 1. The first-order valence-electron chi connectivity index (χ1n) is 17.6. The monoisotopic (exact) mass is 853 g/mol. The Morgan fingerprint density at radius 3 is 2.04 bits per heavy atom. The van der Waals surface area contributed by atoms with Gasteiger partial charge in [0.05, 0.1) is 5.76 Å². The third kappa shape index (κ3) is 8.98. The summed E-state index contributed by atoms with van der Waals surface area (Å²) >= 11 is 1.88. The second-order valence-corrected chi connectivity index (χ2v) is 15.5. The SMILES string of the molecule is CCC(CC)C(=O)/C=C(\O)C(CC)CC.Cc1c(C(C)(C)c2ccccc2)sc2c(-c3[c-]c4ccccc4c(C(C)(C)C)c3)nccc12.[Ir]. The topological polar surface area (TPSA) is 50.2 Å². The van der Waals surface area contributed by atoms with Crippen molar-refractivity contribution in [1.29, 1.82) is 0 Å². The van der Waals surface area contributed by atoms with Gasteiger partial charge in [0.2, 0.25) is 0 Å². The number of aryl methyl sites for hydroxylation is 1. The molecule has 49 heavy (non-hydrogen) atoms. The van der Waals surface area contributed by atoms with Crippen LogP contribution in [0.1, 0.15) is 110 Å². The molecule has 0 atom stereocenters. The average Bonchev–Trinajstić information content (AvgIpc) is 3.42. The molecule has 263 valence electrons. The molecule has 0 aliphatic rings. The summed E-state index contributed by atoms with van der Waals surface area (Å²) in [5.41, 5.74) is 6.09. The fourth-order valence-electron chi connectivity index (χ4n) is 6.68. The quantitative estimate of drug-likeness (QED) is 0.0865. The van der Waals surface area contributed by atoms with Gasteiger partial charge < -0.3 is 5.11 Å². The number of rotatable bonds is 10. The van der Waals surface area contributed by atoms with E-state index in [1.165, 1.54) is 43.1 Å². The molecule has 1 radical (unpaired) electrons. The van der Waals surface area contributed by atoms with E-state index in [9.17, 15) is 9.90 Å². The third-order valence-corrected chi connectivity index (χ3v) is 11.5. The second kappa shape index (κ2) is 17.2. The van der Waals surface area contributed by atoms with Crippen molar-refractivity contribution >= 4 is 38.0 Å². The van der Waals surface area contributed by atoms with Crippen molar-refractivity contribution in [2.24, 2.45) is 11.8 Å². The molecular weight excluding hydrogens is 799 g/mol. The minimum atomic E-state index is -0.0734. The number of hydrogen-bond acceptors (Lipinski definition) is 4. The minimum absolute atomic E-state index is 0. The molecule has 0 bridgehead atoms. The van der Waals surface area contributed by atoms with Crippen molar-refractivity contribution < 1.29 is 30.0 Å². The molecule has 5 heteroatoms. The molecule has 0 saturated heterocycles. The standard InChI is InChI=1S/C31H30NS.C13H24O2.Ir/c1-20-24-16-17-32-27(28(24)33-29(20)31(5,6)23-13-8-7-9-14-23)22-18-21-12-10-11-15-25(21)26(19-22)30(2,3)4;1-5-10(6-2)12(14)9-13(15)11(7-3)8-4;/h7-17,19H,1-6H3;9-11,14H,5-8H2,1-4H3;/q-1;;/b;12-9-;. The van der Waals surface area contributed by atoms with Gasteiger partial charge in [-0.25, -0.2) is 0 Å². The summed E-state index contributed by atoms with van der Waals surface area (Å²) in [4.78, 5) is 18.0. The van der Waals surface area contributed by atoms with Crippen LogP contribution in [0.15, 0.2) is 84.8 Å². The van der Waals surface area contributed by atoms with E-state index >= 15 is 0 Å². The zero-order valence-corrected chi connectivity index (χ0v) is 34.2. The molecule has 0 amide bonds. The number of aromatic nitrogens is 1. The van der Waals surface area contributed by atoms with Crippen molar-refractivity contribution in [3.8, 4) is 11.3 Å². The molecule has 0 unspecified atom stereocenters. The number of aliphatic hydroxyl groups is 1. The van der Waals surface area contributed by atoms with Crippen LogP contribution in [0, 0.1) is 24.8 Å². The maximum absolute atomic E-state index is 11.7. The summed E-state index contributed by atoms with van der Waals surface area (Å²) in [5, 5.41) is 13.5. The van der Waals surface area contributed by atoms with Crippen LogP contribution in [0.5, 0.6) is 0 Å². The molecule has 0 aliphatic carbocycles. The second-order valence-electron chi connectivity index (χ2n) is 14.5. The number of hydrogen-bond donors (Lipinski definition) is 1. The first kappa shape index (κ1) is 40.3. The molecule has 0 saturated carbocycles. The van der Waals surface area contributed by atoms with Crippen molar-refractivity contribution in [3.05, 3.63) is 112 Å². The van der Waals surface area contributed by atoms with Gasteiger partial charge in [0.15, 0.2) is 5.78 Å². The summed E-state index contributed by atoms with van der Waals surface area (Å²) in [6.07, 6.45) is 6.86. The van der Waals surface area contributed by atoms with E-state index in [1.54, 1.807) is 0 Å². The molecule has 0 spiro atoms. The van der Waals surface area contributed by atoms with Gasteiger partial charge in [0.25, 0.3) is 0 Å². The zero-order valence-electron chi connectivity index (χ0n) is 31.0. The zero-order chi connectivity index (χ0) is 35.2. The summed E-state index contributed by atoms with van der Waals surface area (Å²) < 4.78 is 1.25. The molecule has 1 N–H and O–H groups in total. The summed E-state index contributed by atoms with van der Waals surface area (Å²) in [7, 11) is 0. The average molecular weight is 853 g/mol. The smallest absolute Gasteiger partial charge is 0.162 e. The Labute approximate surface area is 312 Å². The van der Waals surface area contributed by atoms with Gasteiger partial charge in [0, 0.05) is 64.9 Å². The number of benzene rings is 3. The third-order valence-electron chi connectivity index (χ3n) is 9.84. The van der Waals surface area contributed by atoms with Crippen LogP contribution in [-0.4, -0.2) is 15.9 Å². The molecule has 5 aromatic rings. The van der Waals surface area contributed by atoms with Crippen LogP contribution in [-0.2, 0) is 35.7 Å². The number of carbonyl (C=O) groups excluding carboxylic acids is 1. The Hall–Kier alpha value is -3.11. The van der Waals surface area contributed by atoms with Crippen LogP contribution >= 0.6 is 11.3 Å². The summed E-state index contributed by atoms with van der Waals surface area (Å²) in [5.74, 6) is 0.547. The first-order chi connectivity index (χ1) is 22.8. The Balaban J connectivity index is 0.000000347. The van der Waals surface area contributed by atoms with Gasteiger partial charge in [-0.1, -0.05) is 122 Å². The molecule has 0 aliphatic heterocycles. The van der Waals surface area contributed by atoms with Gasteiger partial charge >= 0.3 is 0 Å². The Morgan fingerprint density at radius 2 is 1.45 bits per heavy atom. The van der Waals surface area contributed by atoms with Crippen LogP contribution in [0.4, 0.5) is 0 Å². The van der Waals surface area contributed by atoms with E-state index in [1.807, 2.05) is 45.2 Å². The van der Waals surface area contributed by atoms with E-state index in [-0.39, 0.29) is 54.3 Å². The predicted octanol–water partition coefficient (Wildman–Crippen LogP) is 12.7. The van der Waals surface area contributed by atoms with Crippen molar-refractivity contribution in [2.45, 2.75) is 106 Å². The maximum Gasteiger partial charge on any atom is 0.162 e. The molecule has 0 fully saturated rings. The fraction of sp³-hybridized carbons (Fsp3) is 0.409. The summed E-state index contributed by atoms with van der Waals surface area (Å²) in [6, 6.07) is 27.6. The fourth-order valence-corrected chi connectivity index (χ4v) is 8.11. The van der Waals surface area contributed by atoms with Gasteiger partial charge in [0.1, 0.15) is 0 Å². The minimum Gasteiger partial charge on any atom is -0.512 e. The van der Waals surface area contributed by atoms with Crippen LogP contribution in [0.2, 0.25) is 0 Å². The van der Waals surface area contributed by atoms with E-state index in [0.29, 0.717) is 0 Å². The normalized spacial score (nSPS) is 12.3. The summed E-state index contributed by atoms with van der Waals surface area (Å²) in [6.45, 7) is 21.8. The number of fused-ring (bicyclic) bond motifs is 2. The van der Waals surface area contributed by atoms with Crippen molar-refractivity contribution in [2.75, 3.05) is 0 Å². The van der Waals surface area contributed by atoms with Gasteiger partial charge in [-0.3, -0.25) is 9.78 Å². The molecule has 2 heterocycles. The van der Waals surface area contributed by atoms with Crippen molar-refractivity contribution in [3.63, 3.8) is 0 Å². The van der Waals surface area contributed by atoms with E-state index in [2.05, 4.69) is 114 Å². The molecule has 3 nitrogen and oxygen atoms in total. The number of ketones is 1. The Morgan fingerprint density at radius 1 is 0.857 bits per heavy atom. The first-order valence-corrected chi connectivity index (χ1v) is 18.4. The number of pyridine rings is 1. The predicted molar refractivity (Wildman–Crippen MR) is 207 cm³/mol. The number of carbonyl (C=O) groups is 1. The van der Waals surface area contributed by atoms with Crippen LogP contribution < -0.4 is 0 Å². The molecule has 5 rings (SSSR count). The van der Waals surface area contributed by atoms with Crippen LogP contribution in [0.25, 0.3) is 32.1 Å². The van der Waals surface area contributed by atoms with Crippen LogP contribution in [0.3, 0.4) is 0 Å². The van der Waals surface area contributed by atoms with E-state index in [4.69, 9.17) is 4.98 Å². The van der Waals surface area contributed by atoms with E-state index < -0.39 is 0 Å². The number of allylic oxidation sites excluding steroid dienone is 2. The maximum atomic E-state index is 11.7. The largest absolute Gasteiger partial charge is 0.512 e. The Kier molecular flexibility index (Phi) is 14.2. The Bertz CT molecular complexity index is 1870. The number of thiophene rings is 1. The molecule has 2 aromatic heterocycles. The van der Waals surface area contributed by atoms with Gasteiger partial charge in [-0.2, -0.15) is 0 Å². The van der Waals surface area contributed by atoms with Crippen molar-refractivity contribution in [1.82, 2.24) is 4.98 Å². The molecule has 3 aromatic carbocycles. The number of aliphatic hydroxyl groups excluding tert-OH is 1.